The van der Waals surface area contributed by atoms with Crippen molar-refractivity contribution in [3.63, 3.8) is 0 Å². The monoisotopic (exact) mass is 409 g/mol. The molecule has 4 rings (SSSR count). The first kappa shape index (κ1) is 19.6. The Hall–Kier alpha value is -2.68. The lowest BCUT2D eigenvalue weighted by Crippen LogP contribution is -2.36. The Morgan fingerprint density at radius 2 is 1.97 bits per heavy atom. The average molecular weight is 409 g/mol. The largest absolute Gasteiger partial charge is 0.416 e. The molecule has 2 aliphatic rings. The molecule has 2 fully saturated rings. The van der Waals surface area contributed by atoms with Crippen molar-refractivity contribution in [2.75, 3.05) is 19.6 Å². The van der Waals surface area contributed by atoms with Crippen LogP contribution in [0.5, 0.6) is 5.88 Å². The van der Waals surface area contributed by atoms with Gasteiger partial charge >= 0.3 is 12.3 Å². The average Bonchev–Trinajstić information content (AvgIpc) is 3.09. The summed E-state index contributed by atoms with van der Waals surface area (Å²) in [6.07, 6.45) is -3.91. The molecule has 2 unspecified atom stereocenters. The number of alkyl halides is 3. The Balaban J connectivity index is 1.54. The number of amides is 1. The number of nitrogens with one attached hydrogen (secondary N) is 1. The Kier molecular flexibility index (Phi) is 5.16. The summed E-state index contributed by atoms with van der Waals surface area (Å²) in [5.41, 5.74) is -1.17. The van der Waals surface area contributed by atoms with Crippen molar-refractivity contribution in [3.05, 3.63) is 59.5 Å². The number of piperidine rings is 1. The molecule has 154 valence electrons. The zero-order chi connectivity index (χ0) is 20.6. The first-order valence-corrected chi connectivity index (χ1v) is 9.27. The SMILES string of the molecule is O=C(Oc1ccccn1)N(Cc1cc(C(F)(F)F)ccc1F)CC1C2CNCC21. The van der Waals surface area contributed by atoms with Gasteiger partial charge in [0.15, 0.2) is 0 Å². The predicted molar refractivity (Wildman–Crippen MR) is 95.4 cm³/mol. The van der Waals surface area contributed by atoms with Gasteiger partial charge in [0, 0.05) is 24.4 Å². The standard InChI is InChI=1S/C20H19F4N3O2/c21-17-5-4-13(20(22,23)24)7-12(17)10-27(11-16-14-8-25-9-15(14)16)19(28)29-18-3-1-2-6-26-18/h1-7,14-16,25H,8-11H2. The van der Waals surface area contributed by atoms with E-state index in [4.69, 9.17) is 4.74 Å². The van der Waals surface area contributed by atoms with Crippen LogP contribution in [-0.4, -0.2) is 35.6 Å². The van der Waals surface area contributed by atoms with Gasteiger partial charge in [0.1, 0.15) is 5.82 Å². The maximum Gasteiger partial charge on any atom is 0.416 e. The van der Waals surface area contributed by atoms with Crippen LogP contribution in [-0.2, 0) is 12.7 Å². The van der Waals surface area contributed by atoms with Gasteiger partial charge in [-0.3, -0.25) is 0 Å². The van der Waals surface area contributed by atoms with Crippen molar-refractivity contribution < 1.29 is 27.1 Å². The molecule has 2 aromatic rings. The molecular formula is C20H19F4N3O2. The second-order valence-electron chi connectivity index (χ2n) is 7.37. The van der Waals surface area contributed by atoms with E-state index in [9.17, 15) is 22.4 Å². The zero-order valence-corrected chi connectivity index (χ0v) is 15.3. The summed E-state index contributed by atoms with van der Waals surface area (Å²) in [7, 11) is 0. The number of aromatic nitrogens is 1. The van der Waals surface area contributed by atoms with E-state index in [0.29, 0.717) is 24.4 Å². The van der Waals surface area contributed by atoms with Gasteiger partial charge in [-0.15, -0.1) is 0 Å². The third kappa shape index (κ3) is 4.34. The van der Waals surface area contributed by atoms with E-state index in [0.717, 1.165) is 25.2 Å². The zero-order valence-electron chi connectivity index (χ0n) is 15.3. The van der Waals surface area contributed by atoms with Gasteiger partial charge in [0.25, 0.3) is 0 Å². The molecule has 5 nitrogen and oxygen atoms in total. The van der Waals surface area contributed by atoms with Gasteiger partial charge in [0.05, 0.1) is 12.1 Å². The lowest BCUT2D eigenvalue weighted by Gasteiger charge is -2.23. The van der Waals surface area contributed by atoms with Crippen molar-refractivity contribution in [2.45, 2.75) is 12.7 Å². The summed E-state index contributed by atoms with van der Waals surface area (Å²) in [4.78, 5) is 17.9. The van der Waals surface area contributed by atoms with Gasteiger partial charge in [-0.05, 0) is 55.1 Å². The van der Waals surface area contributed by atoms with Gasteiger partial charge in [-0.1, -0.05) is 6.07 Å². The van der Waals surface area contributed by atoms with Crippen LogP contribution in [0.1, 0.15) is 11.1 Å². The maximum absolute atomic E-state index is 14.2. The molecule has 1 saturated carbocycles. The van der Waals surface area contributed by atoms with Crippen LogP contribution in [0, 0.1) is 23.6 Å². The topological polar surface area (TPSA) is 54.5 Å². The lowest BCUT2D eigenvalue weighted by atomic mass is 10.1. The number of halogens is 4. The molecule has 1 aliphatic carbocycles. The minimum atomic E-state index is -4.60. The highest BCUT2D eigenvalue weighted by Gasteiger charge is 2.53. The molecule has 29 heavy (non-hydrogen) atoms. The quantitative estimate of drug-likeness (QED) is 0.766. The molecule has 0 radical (unpaired) electrons. The summed E-state index contributed by atoms with van der Waals surface area (Å²) in [6.45, 7) is 1.66. The first-order valence-electron chi connectivity index (χ1n) is 9.27. The normalized spacial score (nSPS) is 22.8. The third-order valence-corrected chi connectivity index (χ3v) is 5.52. The highest BCUT2D eigenvalue weighted by atomic mass is 19.4. The first-order chi connectivity index (χ1) is 13.8. The third-order valence-electron chi connectivity index (χ3n) is 5.52. The molecule has 2 atom stereocenters. The molecular weight excluding hydrogens is 390 g/mol. The highest BCUT2D eigenvalue weighted by Crippen LogP contribution is 2.49. The minimum absolute atomic E-state index is 0.0738. The maximum atomic E-state index is 14.2. The predicted octanol–water partition coefficient (Wildman–Crippen LogP) is 3.71. The van der Waals surface area contributed by atoms with Crippen LogP contribution in [0.15, 0.2) is 42.6 Å². The molecule has 1 aliphatic heterocycles. The number of hydrogen-bond acceptors (Lipinski definition) is 4. The van der Waals surface area contributed by atoms with Crippen LogP contribution in [0.3, 0.4) is 0 Å². The number of rotatable bonds is 5. The highest BCUT2D eigenvalue weighted by molar-refractivity contribution is 5.70. The summed E-state index contributed by atoms with van der Waals surface area (Å²) < 4.78 is 58.5. The van der Waals surface area contributed by atoms with Crippen LogP contribution in [0.2, 0.25) is 0 Å². The number of carbonyl (C=O) groups is 1. The number of nitrogens with zero attached hydrogens (tertiary/aromatic N) is 2. The minimum Gasteiger partial charge on any atom is -0.391 e. The summed E-state index contributed by atoms with van der Waals surface area (Å²) in [5.74, 6) is 0.343. The summed E-state index contributed by atoms with van der Waals surface area (Å²) >= 11 is 0. The van der Waals surface area contributed by atoms with Crippen LogP contribution >= 0.6 is 0 Å². The Morgan fingerprint density at radius 3 is 2.62 bits per heavy atom. The number of fused-ring (bicyclic) bond motifs is 1. The molecule has 1 N–H and O–H groups in total. The smallest absolute Gasteiger partial charge is 0.391 e. The molecule has 0 spiro atoms. The molecule has 0 bridgehead atoms. The molecule has 1 aromatic carbocycles. The fourth-order valence-electron chi connectivity index (χ4n) is 3.91. The fourth-order valence-corrected chi connectivity index (χ4v) is 3.91. The molecule has 1 amide bonds. The Morgan fingerprint density at radius 1 is 1.21 bits per heavy atom. The Labute approximate surface area is 164 Å². The van der Waals surface area contributed by atoms with Crippen molar-refractivity contribution >= 4 is 6.09 Å². The number of hydrogen-bond donors (Lipinski definition) is 1. The Bertz CT molecular complexity index is 881. The van der Waals surface area contributed by atoms with E-state index in [-0.39, 0.29) is 23.9 Å². The second-order valence-corrected chi connectivity index (χ2v) is 7.37. The van der Waals surface area contributed by atoms with Gasteiger partial charge in [0.2, 0.25) is 5.88 Å². The fraction of sp³-hybridized carbons (Fsp3) is 0.400. The van der Waals surface area contributed by atoms with Crippen LogP contribution in [0.4, 0.5) is 22.4 Å². The lowest BCUT2D eigenvalue weighted by molar-refractivity contribution is -0.137. The number of ether oxygens (including phenoxy) is 1. The van der Waals surface area contributed by atoms with Crippen molar-refractivity contribution in [2.24, 2.45) is 17.8 Å². The van der Waals surface area contributed by atoms with Crippen molar-refractivity contribution in [1.82, 2.24) is 15.2 Å². The summed E-state index contributed by atoms with van der Waals surface area (Å²) in [6, 6.07) is 7.00. The number of pyridine rings is 1. The summed E-state index contributed by atoms with van der Waals surface area (Å²) in [5, 5.41) is 3.25. The van der Waals surface area contributed by atoms with Crippen molar-refractivity contribution in [3.8, 4) is 5.88 Å². The van der Waals surface area contributed by atoms with Crippen LogP contribution < -0.4 is 10.1 Å². The molecule has 9 heteroatoms. The van der Waals surface area contributed by atoms with Crippen molar-refractivity contribution in [1.29, 1.82) is 0 Å². The van der Waals surface area contributed by atoms with E-state index in [1.807, 2.05) is 0 Å². The van der Waals surface area contributed by atoms with Gasteiger partial charge < -0.3 is 15.0 Å². The van der Waals surface area contributed by atoms with E-state index in [1.54, 1.807) is 12.1 Å². The van der Waals surface area contributed by atoms with Gasteiger partial charge in [-0.25, -0.2) is 14.2 Å². The van der Waals surface area contributed by atoms with E-state index >= 15 is 0 Å². The van der Waals surface area contributed by atoms with Crippen LogP contribution in [0.25, 0.3) is 0 Å². The van der Waals surface area contributed by atoms with E-state index < -0.39 is 23.7 Å². The molecule has 2 heterocycles. The van der Waals surface area contributed by atoms with E-state index in [1.165, 1.54) is 17.2 Å². The van der Waals surface area contributed by atoms with E-state index in [2.05, 4.69) is 10.3 Å². The molecule has 1 aromatic heterocycles. The second kappa shape index (κ2) is 7.62. The number of benzene rings is 1. The molecule has 1 saturated heterocycles. The van der Waals surface area contributed by atoms with Gasteiger partial charge in [-0.2, -0.15) is 13.2 Å². The number of carbonyl (C=O) groups excluding carboxylic acids is 1.